The standard InChI is InChI=1S/C28H28N2O9/c1-30(2)20-19-24(39-11-12-7-4-3-5-8-12)16-17(22(33)15-13(21(16)32)9-6-10-14(15)31)25(35)28(19,38)26(36)18(23(20)34)27(29)37/h3-10,16,19-21,24,31-33,36,38H,11H2,1-2H3,(H2,29,37). The summed E-state index contributed by atoms with van der Waals surface area (Å²) in [6.07, 6.45) is -2.88. The van der Waals surface area contributed by atoms with Crippen LogP contribution < -0.4 is 5.73 Å². The van der Waals surface area contributed by atoms with E-state index in [1.165, 1.54) is 37.2 Å². The van der Waals surface area contributed by atoms with Gasteiger partial charge in [0.1, 0.15) is 22.8 Å². The number of carbonyl (C=O) groups is 3. The zero-order chi connectivity index (χ0) is 28.4. The van der Waals surface area contributed by atoms with Crippen LogP contribution in [0.15, 0.2) is 65.4 Å². The average Bonchev–Trinajstić information content (AvgIpc) is 2.88. The largest absolute Gasteiger partial charge is 0.508 e. The van der Waals surface area contributed by atoms with Crippen LogP contribution in [-0.4, -0.2) is 79.7 Å². The third kappa shape index (κ3) is 3.69. The number of benzene rings is 2. The lowest BCUT2D eigenvalue weighted by atomic mass is 9.55. The van der Waals surface area contributed by atoms with E-state index in [4.69, 9.17) is 10.5 Å². The van der Waals surface area contributed by atoms with E-state index in [9.17, 15) is 39.9 Å². The predicted octanol–water partition coefficient (Wildman–Crippen LogP) is 0.650. The van der Waals surface area contributed by atoms with Gasteiger partial charge in [-0.15, -0.1) is 0 Å². The number of ketones is 2. The van der Waals surface area contributed by atoms with Crippen molar-refractivity contribution >= 4 is 23.2 Å². The van der Waals surface area contributed by atoms with Gasteiger partial charge in [0.2, 0.25) is 5.78 Å². The second-order valence-corrected chi connectivity index (χ2v) is 10.2. The summed E-state index contributed by atoms with van der Waals surface area (Å²) in [7, 11) is 2.96. The Morgan fingerprint density at radius 2 is 1.72 bits per heavy atom. The number of Topliss-reactive ketones (excluding diaryl/α,β-unsaturated/α-hetero) is 2. The van der Waals surface area contributed by atoms with Gasteiger partial charge < -0.3 is 36.0 Å². The van der Waals surface area contributed by atoms with Crippen molar-refractivity contribution in [3.63, 3.8) is 0 Å². The minimum atomic E-state index is -2.93. The van der Waals surface area contributed by atoms with Crippen molar-refractivity contribution in [1.82, 2.24) is 4.90 Å². The van der Waals surface area contributed by atoms with Crippen LogP contribution in [0.4, 0.5) is 0 Å². The lowest BCUT2D eigenvalue weighted by molar-refractivity contribution is -0.184. The molecule has 6 atom stereocenters. The molecule has 11 nitrogen and oxygen atoms in total. The minimum absolute atomic E-state index is 0.0854. The van der Waals surface area contributed by atoms with Crippen LogP contribution in [0.5, 0.6) is 5.75 Å². The summed E-state index contributed by atoms with van der Waals surface area (Å²) < 4.78 is 6.25. The van der Waals surface area contributed by atoms with Crippen LogP contribution in [0.1, 0.15) is 22.8 Å². The third-order valence-corrected chi connectivity index (χ3v) is 7.88. The van der Waals surface area contributed by atoms with Gasteiger partial charge in [-0.3, -0.25) is 19.3 Å². The average molecular weight is 537 g/mol. The number of carbonyl (C=O) groups excluding carboxylic acids is 3. The zero-order valence-corrected chi connectivity index (χ0v) is 21.1. The van der Waals surface area contributed by atoms with Gasteiger partial charge in [0.15, 0.2) is 11.4 Å². The Kier molecular flexibility index (Phi) is 6.34. The van der Waals surface area contributed by atoms with Gasteiger partial charge >= 0.3 is 0 Å². The second-order valence-electron chi connectivity index (χ2n) is 10.2. The van der Waals surface area contributed by atoms with Gasteiger partial charge in [0.25, 0.3) is 5.91 Å². The number of ether oxygens (including phenoxy) is 1. The molecule has 1 amide bonds. The summed E-state index contributed by atoms with van der Waals surface area (Å²) in [5.74, 6) is -8.79. The number of nitrogens with two attached hydrogens (primary N) is 1. The van der Waals surface area contributed by atoms with Crippen molar-refractivity contribution in [2.24, 2.45) is 17.6 Å². The SMILES string of the molecule is CN(C)C1C(=O)C(C(N)=O)=C(O)C2(O)C(=O)C3=C(O)c4c(O)cccc4C(O)C3C(OCc3ccccc3)C12. The Balaban J connectivity index is 1.80. The molecule has 1 saturated carbocycles. The van der Waals surface area contributed by atoms with Crippen molar-refractivity contribution < 1.29 is 44.7 Å². The molecule has 2 aromatic carbocycles. The Hall–Kier alpha value is -4.03. The normalized spacial score (nSPS) is 30.2. The molecule has 0 aromatic heterocycles. The topological polar surface area (TPSA) is 191 Å². The molecular weight excluding hydrogens is 508 g/mol. The van der Waals surface area contributed by atoms with Crippen LogP contribution in [0.3, 0.4) is 0 Å². The van der Waals surface area contributed by atoms with Crippen LogP contribution in [-0.2, 0) is 25.7 Å². The maximum absolute atomic E-state index is 14.1. The highest BCUT2D eigenvalue weighted by molar-refractivity contribution is 6.24. The number of phenols is 1. The number of rotatable bonds is 5. The molecule has 11 heteroatoms. The smallest absolute Gasteiger partial charge is 0.255 e. The molecule has 0 spiro atoms. The molecule has 7 N–H and O–H groups in total. The molecule has 5 rings (SSSR count). The van der Waals surface area contributed by atoms with Crippen LogP contribution in [0.2, 0.25) is 0 Å². The summed E-state index contributed by atoms with van der Waals surface area (Å²) in [5, 5.41) is 56.4. The van der Waals surface area contributed by atoms with Gasteiger partial charge in [0, 0.05) is 11.5 Å². The zero-order valence-electron chi connectivity index (χ0n) is 21.1. The van der Waals surface area contributed by atoms with E-state index in [0.717, 1.165) is 0 Å². The summed E-state index contributed by atoms with van der Waals surface area (Å²) in [6.45, 7) is -0.0854. The molecule has 2 aromatic rings. The number of phenolic OH excluding ortho intramolecular Hbond substituents is 1. The first-order valence-corrected chi connectivity index (χ1v) is 12.2. The van der Waals surface area contributed by atoms with Crippen molar-refractivity contribution in [2.45, 2.75) is 30.5 Å². The molecule has 39 heavy (non-hydrogen) atoms. The van der Waals surface area contributed by atoms with E-state index in [1.807, 2.05) is 0 Å². The van der Waals surface area contributed by atoms with Crippen LogP contribution in [0.25, 0.3) is 5.76 Å². The molecule has 0 heterocycles. The Morgan fingerprint density at radius 3 is 2.33 bits per heavy atom. The van der Waals surface area contributed by atoms with Crippen molar-refractivity contribution in [1.29, 1.82) is 0 Å². The highest BCUT2D eigenvalue weighted by Gasteiger charge is 2.69. The number of aromatic hydroxyl groups is 1. The Labute approximate surface area is 223 Å². The van der Waals surface area contributed by atoms with Gasteiger partial charge in [-0.2, -0.15) is 0 Å². The van der Waals surface area contributed by atoms with E-state index >= 15 is 0 Å². The Morgan fingerprint density at radius 1 is 1.05 bits per heavy atom. The van der Waals surface area contributed by atoms with E-state index in [-0.39, 0.29) is 17.7 Å². The summed E-state index contributed by atoms with van der Waals surface area (Å²) in [4.78, 5) is 41.2. The van der Waals surface area contributed by atoms with E-state index < -0.39 is 81.6 Å². The minimum Gasteiger partial charge on any atom is -0.508 e. The lowest BCUT2D eigenvalue weighted by Gasteiger charge is -2.54. The molecular formula is C28H28N2O9. The maximum Gasteiger partial charge on any atom is 0.255 e. The molecule has 6 unspecified atom stereocenters. The fraction of sp³-hybridized carbons (Fsp3) is 0.321. The third-order valence-electron chi connectivity index (χ3n) is 7.88. The van der Waals surface area contributed by atoms with Gasteiger partial charge in [0.05, 0.1) is 36.3 Å². The Bertz CT molecular complexity index is 1450. The summed E-state index contributed by atoms with van der Waals surface area (Å²) >= 11 is 0. The van der Waals surface area contributed by atoms with E-state index in [0.29, 0.717) is 5.56 Å². The summed E-state index contributed by atoms with van der Waals surface area (Å²) in [6, 6.07) is 11.6. The first-order valence-electron chi connectivity index (χ1n) is 12.2. The summed E-state index contributed by atoms with van der Waals surface area (Å²) in [5.41, 5.74) is 1.57. The first-order chi connectivity index (χ1) is 18.4. The first kappa shape index (κ1) is 26.6. The molecule has 3 aliphatic rings. The predicted molar refractivity (Wildman–Crippen MR) is 136 cm³/mol. The quantitative estimate of drug-likeness (QED) is 0.296. The highest BCUT2D eigenvalue weighted by atomic mass is 16.5. The number of aliphatic hydroxyl groups excluding tert-OH is 3. The molecule has 1 fully saturated rings. The van der Waals surface area contributed by atoms with E-state index in [2.05, 4.69) is 0 Å². The molecule has 3 aliphatic carbocycles. The maximum atomic E-state index is 14.1. The number of aliphatic hydroxyl groups is 4. The molecule has 0 bridgehead atoms. The highest BCUT2D eigenvalue weighted by Crippen LogP contribution is 2.56. The van der Waals surface area contributed by atoms with Crippen LogP contribution in [0, 0.1) is 11.8 Å². The number of likely N-dealkylation sites (N-methyl/N-ethyl adjacent to an activating group) is 1. The number of primary amides is 1. The number of fused-ring (bicyclic) bond motifs is 3. The lowest BCUT2D eigenvalue weighted by Crippen LogP contribution is -2.71. The fourth-order valence-electron chi connectivity index (χ4n) is 6.19. The number of hydrogen-bond acceptors (Lipinski definition) is 10. The van der Waals surface area contributed by atoms with Crippen molar-refractivity contribution in [3.05, 3.63) is 82.1 Å². The molecule has 0 aliphatic heterocycles. The monoisotopic (exact) mass is 536 g/mol. The fourth-order valence-corrected chi connectivity index (χ4v) is 6.19. The van der Waals surface area contributed by atoms with Crippen molar-refractivity contribution in [3.8, 4) is 5.75 Å². The number of nitrogens with zero attached hydrogens (tertiary/aromatic N) is 1. The van der Waals surface area contributed by atoms with E-state index in [1.54, 1.807) is 30.3 Å². The molecule has 204 valence electrons. The second kappa shape index (κ2) is 9.31. The van der Waals surface area contributed by atoms with Crippen molar-refractivity contribution in [2.75, 3.05) is 14.1 Å². The van der Waals surface area contributed by atoms with Gasteiger partial charge in [-0.25, -0.2) is 0 Å². The molecule has 0 saturated heterocycles. The van der Waals surface area contributed by atoms with Crippen LogP contribution >= 0.6 is 0 Å². The van der Waals surface area contributed by atoms with Gasteiger partial charge in [-0.05, 0) is 31.3 Å². The molecule has 0 radical (unpaired) electrons. The van der Waals surface area contributed by atoms with Gasteiger partial charge in [-0.1, -0.05) is 42.5 Å². The number of amides is 1. The number of hydrogen-bond donors (Lipinski definition) is 6.